The molecule has 0 saturated carbocycles. The van der Waals surface area contributed by atoms with Crippen LogP contribution >= 0.6 is 0 Å². The zero-order valence-electron chi connectivity index (χ0n) is 27.8. The summed E-state index contributed by atoms with van der Waals surface area (Å²) < 4.78 is 10.8. The molecule has 0 aliphatic rings. The molecule has 0 saturated heterocycles. The molecule has 3 aromatic rings. The zero-order valence-corrected chi connectivity index (χ0v) is 27.8. The largest absolute Gasteiger partial charge is 0.508 e. The highest BCUT2D eigenvalue weighted by Gasteiger charge is 2.36. The van der Waals surface area contributed by atoms with Crippen molar-refractivity contribution in [1.29, 1.82) is 0 Å². The van der Waals surface area contributed by atoms with Crippen LogP contribution in [0.5, 0.6) is 11.5 Å². The number of nitrogens with zero attached hydrogens (tertiary/aromatic N) is 1. The number of hydrogen-bond donors (Lipinski definition) is 3. The highest BCUT2D eigenvalue weighted by Crippen LogP contribution is 2.28. The summed E-state index contributed by atoms with van der Waals surface area (Å²) in [6.45, 7) is 7.70. The van der Waals surface area contributed by atoms with E-state index in [-0.39, 0.29) is 18.7 Å². The molecule has 3 N–H and O–H groups in total. The Morgan fingerprint density at radius 3 is 2.17 bits per heavy atom. The lowest BCUT2D eigenvalue weighted by Crippen LogP contribution is -2.53. The predicted molar refractivity (Wildman–Crippen MR) is 181 cm³/mol. The van der Waals surface area contributed by atoms with Gasteiger partial charge in [0.05, 0.1) is 7.11 Å². The molecule has 0 heterocycles. The molecule has 3 amide bonds. The minimum atomic E-state index is -1.10. The molecule has 2 atom stereocenters. The Kier molecular flexibility index (Phi) is 13.9. The molecule has 3 aromatic carbocycles. The van der Waals surface area contributed by atoms with Crippen molar-refractivity contribution in [3.63, 3.8) is 0 Å². The fraction of sp³-hybridized carbons (Fsp3) is 0.432. The van der Waals surface area contributed by atoms with Gasteiger partial charge >= 0.3 is 6.09 Å². The van der Waals surface area contributed by atoms with Gasteiger partial charge in [-0.2, -0.15) is 0 Å². The number of phenols is 1. The molecule has 0 aromatic heterocycles. The number of amides is 3. The maximum absolute atomic E-state index is 14.7. The number of aromatic hydroxyl groups is 1. The van der Waals surface area contributed by atoms with Crippen LogP contribution in [0.25, 0.3) is 0 Å². The van der Waals surface area contributed by atoms with Gasteiger partial charge in [0.2, 0.25) is 5.91 Å². The van der Waals surface area contributed by atoms with Gasteiger partial charge in [0.25, 0.3) is 5.91 Å². The van der Waals surface area contributed by atoms with Crippen LogP contribution in [-0.2, 0) is 20.7 Å². The molecule has 0 bridgehead atoms. The first kappa shape index (κ1) is 35.9. The van der Waals surface area contributed by atoms with Gasteiger partial charge in [0.1, 0.15) is 29.2 Å². The second-order valence-electron chi connectivity index (χ2n) is 12.4. The Morgan fingerprint density at radius 2 is 1.54 bits per heavy atom. The number of anilines is 1. The Balaban J connectivity index is 2.03. The SMILES string of the molecule is CCCCCCCCN(C(=O)C(Cc1ccccc1)NC(=O)OC(C)(C)C)C(C(=O)Nc1ccc(OC)cc1)c1cccc(O)c1. The average molecular weight is 632 g/mol. The van der Waals surface area contributed by atoms with E-state index in [9.17, 15) is 19.5 Å². The molecule has 0 aliphatic heterocycles. The molecule has 0 radical (unpaired) electrons. The number of methoxy groups -OCH3 is 1. The molecule has 0 fully saturated rings. The van der Waals surface area contributed by atoms with Gasteiger partial charge in [-0.3, -0.25) is 9.59 Å². The number of phenolic OH excluding ortho intramolecular Hbond substituents is 1. The smallest absolute Gasteiger partial charge is 0.408 e. The minimum absolute atomic E-state index is 0.0283. The second-order valence-corrected chi connectivity index (χ2v) is 12.4. The lowest BCUT2D eigenvalue weighted by Gasteiger charge is -2.34. The number of alkyl carbamates (subject to hydrolysis) is 1. The number of carbonyl (C=O) groups excluding carboxylic acids is 3. The molecule has 0 aliphatic carbocycles. The van der Waals surface area contributed by atoms with Crippen LogP contribution in [0.3, 0.4) is 0 Å². The molecule has 248 valence electrons. The van der Waals surface area contributed by atoms with Crippen molar-refractivity contribution in [3.8, 4) is 11.5 Å². The van der Waals surface area contributed by atoms with Gasteiger partial charge in [0, 0.05) is 18.7 Å². The predicted octanol–water partition coefficient (Wildman–Crippen LogP) is 7.41. The summed E-state index contributed by atoms with van der Waals surface area (Å²) in [4.78, 5) is 43.4. The van der Waals surface area contributed by atoms with Crippen molar-refractivity contribution in [2.75, 3.05) is 19.0 Å². The zero-order chi connectivity index (χ0) is 33.5. The summed E-state index contributed by atoms with van der Waals surface area (Å²) in [5.74, 6) is -0.272. The first-order valence-electron chi connectivity index (χ1n) is 16.1. The lowest BCUT2D eigenvalue weighted by molar-refractivity contribution is -0.140. The average Bonchev–Trinajstić information content (AvgIpc) is 3.01. The summed E-state index contributed by atoms with van der Waals surface area (Å²) in [6, 6.07) is 20.6. The van der Waals surface area contributed by atoms with E-state index in [1.165, 1.54) is 17.0 Å². The summed E-state index contributed by atoms with van der Waals surface area (Å²) >= 11 is 0. The third-order valence-electron chi connectivity index (χ3n) is 7.41. The van der Waals surface area contributed by atoms with E-state index >= 15 is 0 Å². The van der Waals surface area contributed by atoms with Crippen molar-refractivity contribution < 1.29 is 29.0 Å². The fourth-order valence-electron chi connectivity index (χ4n) is 5.18. The summed E-state index contributed by atoms with van der Waals surface area (Å²) in [5, 5.41) is 16.2. The Labute approximate surface area is 273 Å². The van der Waals surface area contributed by atoms with Crippen LogP contribution < -0.4 is 15.4 Å². The van der Waals surface area contributed by atoms with Crippen molar-refractivity contribution in [2.45, 2.75) is 90.3 Å². The molecular weight excluding hydrogens is 582 g/mol. The van der Waals surface area contributed by atoms with E-state index < -0.39 is 35.6 Å². The first-order valence-corrected chi connectivity index (χ1v) is 16.1. The number of unbranched alkanes of at least 4 members (excludes halogenated alkanes) is 5. The second kappa shape index (κ2) is 17.8. The van der Waals surface area contributed by atoms with Gasteiger partial charge in [-0.1, -0.05) is 81.5 Å². The molecule has 3 rings (SSSR count). The van der Waals surface area contributed by atoms with Crippen molar-refractivity contribution in [2.24, 2.45) is 0 Å². The highest BCUT2D eigenvalue weighted by molar-refractivity contribution is 5.99. The van der Waals surface area contributed by atoms with E-state index in [1.54, 1.807) is 64.3 Å². The van der Waals surface area contributed by atoms with Crippen molar-refractivity contribution in [1.82, 2.24) is 10.2 Å². The number of carbonyl (C=O) groups is 3. The van der Waals surface area contributed by atoms with Gasteiger partial charge in [-0.15, -0.1) is 0 Å². The monoisotopic (exact) mass is 631 g/mol. The van der Waals surface area contributed by atoms with E-state index in [0.29, 0.717) is 23.4 Å². The van der Waals surface area contributed by atoms with E-state index in [0.717, 1.165) is 37.7 Å². The highest BCUT2D eigenvalue weighted by atomic mass is 16.6. The van der Waals surface area contributed by atoms with Gasteiger partial charge in [-0.05, 0) is 74.7 Å². The van der Waals surface area contributed by atoms with Crippen LogP contribution in [0, 0.1) is 0 Å². The Morgan fingerprint density at radius 1 is 0.870 bits per heavy atom. The number of rotatable bonds is 16. The first-order chi connectivity index (χ1) is 22.0. The maximum Gasteiger partial charge on any atom is 0.408 e. The van der Waals surface area contributed by atoms with Crippen LogP contribution in [0.2, 0.25) is 0 Å². The minimum Gasteiger partial charge on any atom is -0.508 e. The van der Waals surface area contributed by atoms with Crippen LogP contribution in [0.15, 0.2) is 78.9 Å². The molecule has 9 nitrogen and oxygen atoms in total. The maximum atomic E-state index is 14.7. The van der Waals surface area contributed by atoms with Gasteiger partial charge in [0.15, 0.2) is 0 Å². The fourth-order valence-corrected chi connectivity index (χ4v) is 5.18. The lowest BCUT2D eigenvalue weighted by atomic mass is 9.99. The summed E-state index contributed by atoms with van der Waals surface area (Å²) in [6.07, 6.45) is 5.36. The van der Waals surface area contributed by atoms with Gasteiger partial charge in [-0.25, -0.2) is 4.79 Å². The number of nitrogens with one attached hydrogen (secondary N) is 2. The quantitative estimate of drug-likeness (QED) is 0.142. The van der Waals surface area contributed by atoms with Crippen LogP contribution in [0.1, 0.15) is 83.4 Å². The van der Waals surface area contributed by atoms with Crippen LogP contribution in [-0.4, -0.2) is 53.2 Å². The van der Waals surface area contributed by atoms with Crippen molar-refractivity contribution >= 4 is 23.6 Å². The van der Waals surface area contributed by atoms with Gasteiger partial charge < -0.3 is 30.1 Å². The number of hydrogen-bond acceptors (Lipinski definition) is 6. The van der Waals surface area contributed by atoms with Crippen molar-refractivity contribution in [3.05, 3.63) is 90.0 Å². The molecule has 9 heteroatoms. The van der Waals surface area contributed by atoms with E-state index in [4.69, 9.17) is 9.47 Å². The van der Waals surface area contributed by atoms with Crippen LogP contribution in [0.4, 0.5) is 10.5 Å². The molecule has 0 spiro atoms. The third kappa shape index (κ3) is 11.8. The Bertz CT molecular complexity index is 1390. The van der Waals surface area contributed by atoms with E-state index in [2.05, 4.69) is 17.6 Å². The summed E-state index contributed by atoms with van der Waals surface area (Å²) in [5.41, 5.74) is 1.04. The molecule has 2 unspecified atom stereocenters. The number of benzene rings is 3. The third-order valence-corrected chi connectivity index (χ3v) is 7.41. The Hall–Kier alpha value is -4.53. The van der Waals surface area contributed by atoms with E-state index in [1.807, 2.05) is 30.3 Å². The molecular formula is C37H49N3O6. The molecule has 46 heavy (non-hydrogen) atoms. The summed E-state index contributed by atoms with van der Waals surface area (Å²) in [7, 11) is 1.56. The normalized spacial score (nSPS) is 12.5. The topological polar surface area (TPSA) is 117 Å². The number of ether oxygens (including phenoxy) is 2. The standard InChI is InChI=1S/C37H49N3O6/c1-6-7-8-9-10-14-24-40(35(43)32(25-27-16-12-11-13-17-27)39-36(44)46-37(2,3)4)33(28-18-15-19-30(41)26-28)34(42)38-29-20-22-31(45-5)23-21-29/h11-13,15-23,26,32-33,41H,6-10,14,24-25H2,1-5H3,(H,38,42)(H,39,44).